The van der Waals surface area contributed by atoms with E-state index in [2.05, 4.69) is 50.5 Å². The first-order valence-electron chi connectivity index (χ1n) is 12.5. The molecule has 0 saturated carbocycles. The highest BCUT2D eigenvalue weighted by atomic mass is 16.3. The molecule has 2 aromatic heterocycles. The number of phenols is 1. The molecule has 0 aliphatic carbocycles. The zero-order valence-electron chi connectivity index (χ0n) is 21.2. The summed E-state index contributed by atoms with van der Waals surface area (Å²) in [6.45, 7) is 8.85. The van der Waals surface area contributed by atoms with Gasteiger partial charge in [0, 0.05) is 23.5 Å². The van der Waals surface area contributed by atoms with Crippen molar-refractivity contribution in [1.82, 2.24) is 14.5 Å². The second-order valence-corrected chi connectivity index (χ2v) is 9.69. The molecule has 0 saturated heterocycles. The van der Waals surface area contributed by atoms with Gasteiger partial charge in [0.05, 0.1) is 22.6 Å². The fourth-order valence-corrected chi connectivity index (χ4v) is 4.76. The van der Waals surface area contributed by atoms with Crippen molar-refractivity contribution in [2.24, 2.45) is 0 Å². The van der Waals surface area contributed by atoms with Gasteiger partial charge in [-0.25, -0.2) is 9.97 Å². The molecule has 36 heavy (non-hydrogen) atoms. The number of benzene rings is 3. The number of imidazole rings is 1. The van der Waals surface area contributed by atoms with Gasteiger partial charge in [-0.2, -0.15) is 0 Å². The van der Waals surface area contributed by atoms with Crippen molar-refractivity contribution in [1.29, 1.82) is 0 Å². The minimum absolute atomic E-state index is 0.177. The maximum absolute atomic E-state index is 11.5. The average Bonchev–Trinajstić information content (AvgIpc) is 3.38. The van der Waals surface area contributed by atoms with E-state index in [0.717, 1.165) is 22.6 Å². The fraction of sp³-hybridized carbons (Fsp3) is 0.188. The Bertz CT molecular complexity index is 1470. The molecule has 0 atom stereocenters. The Kier molecular flexibility index (Phi) is 6.43. The van der Waals surface area contributed by atoms with Crippen LogP contribution in [0.4, 0.5) is 0 Å². The maximum atomic E-state index is 11.5. The van der Waals surface area contributed by atoms with Crippen LogP contribution in [0.15, 0.2) is 97.3 Å². The third-order valence-corrected chi connectivity index (χ3v) is 6.60. The predicted molar refractivity (Wildman–Crippen MR) is 148 cm³/mol. The van der Waals surface area contributed by atoms with E-state index in [1.807, 2.05) is 72.9 Å². The van der Waals surface area contributed by atoms with Crippen LogP contribution in [-0.4, -0.2) is 19.6 Å². The van der Waals surface area contributed by atoms with E-state index in [4.69, 9.17) is 9.97 Å². The summed E-state index contributed by atoms with van der Waals surface area (Å²) in [6.07, 6.45) is 3.79. The highest BCUT2D eigenvalue weighted by Gasteiger charge is 2.21. The number of rotatable bonds is 6. The zero-order chi connectivity index (χ0) is 25.2. The Hall–Kier alpha value is -4.18. The normalized spacial score (nSPS) is 11.4. The van der Waals surface area contributed by atoms with Gasteiger partial charge >= 0.3 is 0 Å². The van der Waals surface area contributed by atoms with Gasteiger partial charge in [-0.1, -0.05) is 88.4 Å². The van der Waals surface area contributed by atoms with Gasteiger partial charge in [-0.3, -0.25) is 4.57 Å². The summed E-state index contributed by atoms with van der Waals surface area (Å²) in [6, 6.07) is 28.3. The van der Waals surface area contributed by atoms with Crippen LogP contribution >= 0.6 is 0 Å². The summed E-state index contributed by atoms with van der Waals surface area (Å²) >= 11 is 0. The lowest BCUT2D eigenvalue weighted by molar-refractivity contribution is 0.478. The van der Waals surface area contributed by atoms with Crippen molar-refractivity contribution < 1.29 is 5.11 Å². The molecule has 5 rings (SSSR count). The maximum Gasteiger partial charge on any atom is 0.148 e. The lowest BCUT2D eigenvalue weighted by Gasteiger charge is -2.22. The molecule has 5 aromatic rings. The number of aromatic nitrogens is 3. The zero-order valence-corrected chi connectivity index (χ0v) is 21.2. The second kappa shape index (κ2) is 9.82. The highest BCUT2D eigenvalue weighted by molar-refractivity contribution is 5.80. The lowest BCUT2D eigenvalue weighted by Crippen LogP contribution is -2.08. The van der Waals surface area contributed by atoms with Gasteiger partial charge in [0.1, 0.15) is 11.6 Å². The molecule has 0 aliphatic rings. The quantitative estimate of drug-likeness (QED) is 0.270. The summed E-state index contributed by atoms with van der Waals surface area (Å²) < 4.78 is 2.12. The summed E-state index contributed by atoms with van der Waals surface area (Å²) in [7, 11) is 0. The van der Waals surface area contributed by atoms with Crippen molar-refractivity contribution >= 4 is 0 Å². The topological polar surface area (TPSA) is 50.9 Å². The Morgan fingerprint density at radius 3 is 1.97 bits per heavy atom. The third-order valence-electron chi connectivity index (χ3n) is 6.60. The standard InChI is InChI=1S/C32H31N3O/c1-21(2)24-13-8-14-25(22(3)4)30(24)35-20-19-33-32(35)27-16-9-15-26(31(27)36)29-18-10-17-28(34-29)23-11-6-5-7-12-23/h5-22,36H,1-4H3. The molecule has 0 unspecified atom stereocenters. The van der Waals surface area contributed by atoms with Crippen molar-refractivity contribution in [3.8, 4) is 45.3 Å². The van der Waals surface area contributed by atoms with Crippen LogP contribution in [-0.2, 0) is 0 Å². The van der Waals surface area contributed by atoms with E-state index >= 15 is 0 Å². The molecule has 0 radical (unpaired) electrons. The van der Waals surface area contributed by atoms with Gasteiger partial charge < -0.3 is 5.11 Å². The first kappa shape index (κ1) is 23.6. The molecule has 0 amide bonds. The van der Waals surface area contributed by atoms with Gasteiger partial charge in [-0.15, -0.1) is 0 Å². The Morgan fingerprint density at radius 2 is 1.28 bits per heavy atom. The largest absolute Gasteiger partial charge is 0.506 e. The summed E-state index contributed by atoms with van der Waals surface area (Å²) in [5.41, 5.74) is 7.65. The van der Waals surface area contributed by atoms with Crippen LogP contribution in [0.5, 0.6) is 5.75 Å². The number of hydrogen-bond acceptors (Lipinski definition) is 3. The van der Waals surface area contributed by atoms with Crippen molar-refractivity contribution in [3.63, 3.8) is 0 Å². The average molecular weight is 474 g/mol. The number of nitrogens with zero attached hydrogens (tertiary/aromatic N) is 3. The SMILES string of the molecule is CC(C)c1cccc(C(C)C)c1-n1ccnc1-c1cccc(-c2cccc(-c3ccccc3)n2)c1O. The van der Waals surface area contributed by atoms with Crippen molar-refractivity contribution in [2.75, 3.05) is 0 Å². The number of pyridine rings is 1. The van der Waals surface area contributed by atoms with Crippen LogP contribution in [0, 0.1) is 0 Å². The van der Waals surface area contributed by atoms with Gasteiger partial charge in [0.2, 0.25) is 0 Å². The minimum atomic E-state index is 0.177. The first-order valence-corrected chi connectivity index (χ1v) is 12.5. The molecule has 4 heteroatoms. The van der Waals surface area contributed by atoms with Gasteiger partial charge in [0.15, 0.2) is 0 Å². The Labute approximate surface area is 213 Å². The van der Waals surface area contributed by atoms with E-state index in [1.165, 1.54) is 11.1 Å². The monoisotopic (exact) mass is 473 g/mol. The number of phenolic OH excluding ortho intramolecular Hbond substituents is 1. The molecule has 3 aromatic carbocycles. The van der Waals surface area contributed by atoms with Crippen LogP contribution in [0.1, 0.15) is 50.7 Å². The predicted octanol–water partition coefficient (Wildman–Crippen LogP) is 8.22. The Balaban J connectivity index is 1.65. The molecule has 0 bridgehead atoms. The third kappa shape index (κ3) is 4.31. The molecule has 0 fully saturated rings. The first-order chi connectivity index (χ1) is 17.5. The van der Waals surface area contributed by atoms with E-state index in [0.29, 0.717) is 28.8 Å². The second-order valence-electron chi connectivity index (χ2n) is 9.69. The molecule has 0 aliphatic heterocycles. The summed E-state index contributed by atoms with van der Waals surface area (Å²) in [4.78, 5) is 9.57. The summed E-state index contributed by atoms with van der Waals surface area (Å²) in [5, 5.41) is 11.5. The van der Waals surface area contributed by atoms with E-state index in [9.17, 15) is 5.11 Å². The van der Waals surface area contributed by atoms with Crippen LogP contribution in [0.3, 0.4) is 0 Å². The summed E-state index contributed by atoms with van der Waals surface area (Å²) in [5.74, 6) is 1.58. The lowest BCUT2D eigenvalue weighted by atomic mass is 9.92. The van der Waals surface area contributed by atoms with Crippen LogP contribution in [0.25, 0.3) is 39.6 Å². The molecular formula is C32H31N3O. The molecule has 0 spiro atoms. The Morgan fingerprint density at radius 1 is 0.667 bits per heavy atom. The van der Waals surface area contributed by atoms with Crippen LogP contribution < -0.4 is 0 Å². The van der Waals surface area contributed by atoms with E-state index < -0.39 is 0 Å². The van der Waals surface area contributed by atoms with Crippen LogP contribution in [0.2, 0.25) is 0 Å². The van der Waals surface area contributed by atoms with Crippen molar-refractivity contribution in [3.05, 3.63) is 108 Å². The fourth-order valence-electron chi connectivity index (χ4n) is 4.76. The number of para-hydroxylation sites is 2. The van der Waals surface area contributed by atoms with E-state index in [1.54, 1.807) is 6.20 Å². The van der Waals surface area contributed by atoms with E-state index in [-0.39, 0.29) is 5.75 Å². The smallest absolute Gasteiger partial charge is 0.148 e. The number of hydrogen-bond donors (Lipinski definition) is 1. The molecule has 1 N–H and O–H groups in total. The molecule has 180 valence electrons. The van der Waals surface area contributed by atoms with Gasteiger partial charge in [0.25, 0.3) is 0 Å². The molecule has 4 nitrogen and oxygen atoms in total. The van der Waals surface area contributed by atoms with Gasteiger partial charge in [-0.05, 0) is 47.2 Å². The highest BCUT2D eigenvalue weighted by Crippen LogP contribution is 2.40. The minimum Gasteiger partial charge on any atom is -0.506 e. The number of aromatic hydroxyl groups is 1. The molecular weight excluding hydrogens is 442 g/mol. The molecule has 2 heterocycles. The van der Waals surface area contributed by atoms with Crippen molar-refractivity contribution in [2.45, 2.75) is 39.5 Å².